The summed E-state index contributed by atoms with van der Waals surface area (Å²) in [6.07, 6.45) is 1.92. The van der Waals surface area contributed by atoms with Crippen molar-refractivity contribution in [2.45, 2.75) is 48.9 Å². The molecule has 0 spiro atoms. The molecule has 0 atom stereocenters. The summed E-state index contributed by atoms with van der Waals surface area (Å²) in [5.41, 5.74) is 2.06. The lowest BCUT2D eigenvalue weighted by Crippen LogP contribution is -2.11. The molecule has 2 heterocycles. The van der Waals surface area contributed by atoms with Gasteiger partial charge in [0.1, 0.15) is 5.03 Å². The molecule has 0 aliphatic carbocycles. The predicted octanol–water partition coefficient (Wildman–Crippen LogP) is 3.92. The van der Waals surface area contributed by atoms with Crippen molar-refractivity contribution in [2.75, 3.05) is 0 Å². The Kier molecular flexibility index (Phi) is 4.68. The van der Waals surface area contributed by atoms with Gasteiger partial charge in [-0.2, -0.15) is 0 Å². The third kappa shape index (κ3) is 4.28. The van der Waals surface area contributed by atoms with Crippen LogP contribution in [0.2, 0.25) is 0 Å². The molecule has 0 aliphatic rings. The largest absolute Gasteiger partial charge is 0.481 e. The molecule has 21 heavy (non-hydrogen) atoms. The van der Waals surface area contributed by atoms with E-state index in [4.69, 9.17) is 5.11 Å². The molecule has 4 nitrogen and oxygen atoms in total. The van der Waals surface area contributed by atoms with Crippen molar-refractivity contribution >= 4 is 29.1 Å². The Labute approximate surface area is 132 Å². The van der Waals surface area contributed by atoms with Crippen molar-refractivity contribution in [3.63, 3.8) is 0 Å². The number of hydrogen-bond acceptors (Lipinski definition) is 5. The van der Waals surface area contributed by atoms with Crippen LogP contribution in [0.4, 0.5) is 0 Å². The highest BCUT2D eigenvalue weighted by molar-refractivity contribution is 8.01. The van der Waals surface area contributed by atoms with Crippen molar-refractivity contribution in [3.8, 4) is 0 Å². The number of carbonyl (C=O) groups is 1. The van der Waals surface area contributed by atoms with Gasteiger partial charge in [-0.15, -0.1) is 11.3 Å². The molecule has 0 aromatic carbocycles. The number of carboxylic acids is 1. The van der Waals surface area contributed by atoms with E-state index in [1.54, 1.807) is 0 Å². The predicted molar refractivity (Wildman–Crippen MR) is 85.3 cm³/mol. The molecule has 0 radical (unpaired) electrons. The maximum atomic E-state index is 10.8. The van der Waals surface area contributed by atoms with E-state index in [2.05, 4.69) is 36.8 Å². The highest BCUT2D eigenvalue weighted by atomic mass is 32.2. The molecule has 2 aromatic rings. The molecule has 0 fully saturated rings. The van der Waals surface area contributed by atoms with E-state index in [0.29, 0.717) is 0 Å². The van der Waals surface area contributed by atoms with Crippen LogP contribution < -0.4 is 0 Å². The minimum Gasteiger partial charge on any atom is -0.481 e. The molecule has 0 amide bonds. The SMILES string of the molecule is Cc1nc(Sc2ccc(C(C)(C)C)cn2)sc1CC(=O)O. The summed E-state index contributed by atoms with van der Waals surface area (Å²) in [4.78, 5) is 20.4. The van der Waals surface area contributed by atoms with Crippen molar-refractivity contribution in [3.05, 3.63) is 34.5 Å². The molecule has 6 heteroatoms. The van der Waals surface area contributed by atoms with Gasteiger partial charge in [0, 0.05) is 11.1 Å². The molecular formula is C15H18N2O2S2. The van der Waals surface area contributed by atoms with Gasteiger partial charge in [-0.3, -0.25) is 4.79 Å². The first kappa shape index (κ1) is 16.0. The Morgan fingerprint density at radius 2 is 2.10 bits per heavy atom. The lowest BCUT2D eigenvalue weighted by Gasteiger charge is -2.18. The Hall–Kier alpha value is -1.40. The van der Waals surface area contributed by atoms with Crippen LogP contribution in [0.15, 0.2) is 27.7 Å². The molecule has 2 rings (SSSR count). The second-order valence-corrected chi connectivity index (χ2v) is 8.15. The fraction of sp³-hybridized carbons (Fsp3) is 0.400. The maximum Gasteiger partial charge on any atom is 0.308 e. The molecule has 2 aromatic heterocycles. The van der Waals surface area contributed by atoms with Crippen molar-refractivity contribution in [1.29, 1.82) is 0 Å². The Balaban J connectivity index is 2.13. The highest BCUT2D eigenvalue weighted by Crippen LogP contribution is 2.33. The normalized spacial score (nSPS) is 11.6. The summed E-state index contributed by atoms with van der Waals surface area (Å²) in [6, 6.07) is 4.06. The molecule has 0 bridgehead atoms. The molecule has 0 saturated carbocycles. The number of carboxylic acid groups (broad SMARTS) is 1. The molecule has 0 unspecified atom stereocenters. The fourth-order valence-corrected chi connectivity index (χ4v) is 3.83. The van der Waals surface area contributed by atoms with E-state index < -0.39 is 5.97 Å². The number of pyridine rings is 1. The van der Waals surface area contributed by atoms with Crippen LogP contribution in [0.3, 0.4) is 0 Å². The minimum atomic E-state index is -0.828. The number of aromatic nitrogens is 2. The lowest BCUT2D eigenvalue weighted by molar-refractivity contribution is -0.136. The summed E-state index contributed by atoms with van der Waals surface area (Å²) in [5, 5.41) is 9.73. The topological polar surface area (TPSA) is 63.1 Å². The number of hydrogen-bond donors (Lipinski definition) is 1. The van der Waals surface area contributed by atoms with Crippen LogP contribution in [0, 0.1) is 6.92 Å². The van der Waals surface area contributed by atoms with Crippen LogP contribution in [-0.4, -0.2) is 21.0 Å². The smallest absolute Gasteiger partial charge is 0.308 e. The summed E-state index contributed by atoms with van der Waals surface area (Å²) in [6.45, 7) is 8.30. The first-order chi connectivity index (χ1) is 9.75. The van der Waals surface area contributed by atoms with E-state index in [-0.39, 0.29) is 11.8 Å². The number of thiazole rings is 1. The van der Waals surface area contributed by atoms with Crippen LogP contribution >= 0.6 is 23.1 Å². The van der Waals surface area contributed by atoms with Gasteiger partial charge in [-0.25, -0.2) is 9.97 Å². The van der Waals surface area contributed by atoms with Crippen LogP contribution in [-0.2, 0) is 16.6 Å². The summed E-state index contributed by atoms with van der Waals surface area (Å²) >= 11 is 2.90. The Morgan fingerprint density at radius 1 is 1.38 bits per heavy atom. The lowest BCUT2D eigenvalue weighted by atomic mass is 9.88. The highest BCUT2D eigenvalue weighted by Gasteiger charge is 2.15. The second kappa shape index (κ2) is 6.15. The Morgan fingerprint density at radius 3 is 2.62 bits per heavy atom. The van der Waals surface area contributed by atoms with Crippen molar-refractivity contribution in [1.82, 2.24) is 9.97 Å². The van der Waals surface area contributed by atoms with E-state index in [0.717, 1.165) is 19.9 Å². The van der Waals surface area contributed by atoms with E-state index >= 15 is 0 Å². The van der Waals surface area contributed by atoms with Crippen LogP contribution in [0.25, 0.3) is 0 Å². The molecule has 0 aliphatic heterocycles. The van der Waals surface area contributed by atoms with Gasteiger partial charge in [0.15, 0.2) is 4.34 Å². The minimum absolute atomic E-state index is 0.0282. The van der Waals surface area contributed by atoms with Gasteiger partial charge in [0.2, 0.25) is 0 Å². The average molecular weight is 322 g/mol. The third-order valence-electron chi connectivity index (χ3n) is 2.98. The molecule has 0 saturated heterocycles. The van der Waals surface area contributed by atoms with Crippen molar-refractivity contribution < 1.29 is 9.90 Å². The third-order valence-corrected chi connectivity index (χ3v) is 5.15. The van der Waals surface area contributed by atoms with Gasteiger partial charge in [0.05, 0.1) is 12.1 Å². The molecule has 112 valence electrons. The standard InChI is InChI=1S/C15H18N2O2S2/c1-9-11(7-13(18)19)20-14(17-9)21-12-6-5-10(8-16-12)15(2,3)4/h5-6,8H,7H2,1-4H3,(H,18,19). The molecule has 1 N–H and O–H groups in total. The number of nitrogens with zero attached hydrogens (tertiary/aromatic N) is 2. The van der Waals surface area contributed by atoms with E-state index in [1.807, 2.05) is 19.2 Å². The zero-order valence-electron chi connectivity index (χ0n) is 12.5. The Bertz CT molecular complexity index is 643. The van der Waals surface area contributed by atoms with Crippen molar-refractivity contribution in [2.24, 2.45) is 0 Å². The number of aliphatic carboxylic acids is 1. The monoisotopic (exact) mass is 322 g/mol. The summed E-state index contributed by atoms with van der Waals surface area (Å²) in [7, 11) is 0. The molecular weight excluding hydrogens is 304 g/mol. The fourth-order valence-electron chi connectivity index (χ4n) is 1.72. The van der Waals surface area contributed by atoms with Gasteiger partial charge in [-0.1, -0.05) is 26.8 Å². The summed E-state index contributed by atoms with van der Waals surface area (Å²) < 4.78 is 0.833. The van der Waals surface area contributed by atoms with Gasteiger partial charge in [0.25, 0.3) is 0 Å². The quantitative estimate of drug-likeness (QED) is 0.924. The summed E-state index contributed by atoms with van der Waals surface area (Å²) in [5.74, 6) is -0.828. The van der Waals surface area contributed by atoms with Crippen LogP contribution in [0.1, 0.15) is 36.9 Å². The van der Waals surface area contributed by atoms with E-state index in [9.17, 15) is 4.79 Å². The van der Waals surface area contributed by atoms with Gasteiger partial charge in [-0.05, 0) is 35.7 Å². The second-order valence-electron chi connectivity index (χ2n) is 5.80. The maximum absolute atomic E-state index is 10.8. The van der Waals surface area contributed by atoms with Gasteiger partial charge < -0.3 is 5.11 Å². The average Bonchev–Trinajstić information content (AvgIpc) is 2.68. The number of rotatable bonds is 4. The first-order valence-corrected chi connectivity index (χ1v) is 8.21. The number of aryl methyl sites for hydroxylation is 1. The van der Waals surface area contributed by atoms with E-state index in [1.165, 1.54) is 28.7 Å². The zero-order valence-corrected chi connectivity index (χ0v) is 14.1. The zero-order chi connectivity index (χ0) is 15.6. The van der Waals surface area contributed by atoms with Gasteiger partial charge >= 0.3 is 5.97 Å². The van der Waals surface area contributed by atoms with Crippen LogP contribution in [0.5, 0.6) is 0 Å². The first-order valence-electron chi connectivity index (χ1n) is 6.58.